The second-order valence-corrected chi connectivity index (χ2v) is 7.05. The first-order valence-electron chi connectivity index (χ1n) is 8.05. The number of alkyl halides is 3. The van der Waals surface area contributed by atoms with Crippen molar-refractivity contribution in [1.82, 2.24) is 0 Å². The molecule has 0 radical (unpaired) electrons. The van der Waals surface area contributed by atoms with E-state index in [4.69, 9.17) is 23.2 Å². The zero-order valence-corrected chi connectivity index (χ0v) is 17.2. The predicted octanol–water partition coefficient (Wildman–Crippen LogP) is 6.46. The van der Waals surface area contributed by atoms with Gasteiger partial charge in [-0.15, -0.1) is 3.89 Å². The molecule has 0 fully saturated rings. The Morgan fingerprint density at radius 1 is 1.14 bits per heavy atom. The van der Waals surface area contributed by atoms with E-state index in [1.165, 1.54) is 25.1 Å². The number of fused-ring (bicyclic) bond motifs is 1. The topological polar surface area (TPSA) is 40.5 Å². The van der Waals surface area contributed by atoms with Crippen LogP contribution in [0.25, 0.3) is 0 Å². The minimum Gasteiger partial charge on any atom is -0.372 e. The molecule has 152 valence electrons. The van der Waals surface area contributed by atoms with Crippen LogP contribution in [0.2, 0.25) is 10.0 Å². The lowest BCUT2D eigenvalue weighted by atomic mass is 9.84. The van der Waals surface area contributed by atoms with Gasteiger partial charge in [0.15, 0.2) is 17.9 Å². The van der Waals surface area contributed by atoms with Crippen molar-refractivity contribution in [3.8, 4) is 0 Å². The van der Waals surface area contributed by atoms with E-state index in [0.717, 1.165) is 12.1 Å². The molecule has 1 aliphatic rings. The van der Waals surface area contributed by atoms with E-state index < -0.39 is 41.1 Å². The van der Waals surface area contributed by atoms with E-state index in [1.54, 1.807) is 0 Å². The van der Waals surface area contributed by atoms with Gasteiger partial charge in [-0.05, 0) is 36.8 Å². The second-order valence-electron chi connectivity index (χ2n) is 5.71. The lowest BCUT2D eigenvalue weighted by Gasteiger charge is -2.26. The molecule has 1 atom stereocenters. The Bertz CT molecular complexity index is 923. The van der Waals surface area contributed by atoms with Crippen LogP contribution in [-0.4, -0.2) is 11.0 Å². The van der Waals surface area contributed by atoms with E-state index in [2.05, 4.69) is 0 Å². The molecule has 0 aromatic heterocycles. The number of carbonyl (C=O) groups is 1. The number of hydrogen-bond donors (Lipinski definition) is 1. The number of aryl methyl sites for hydroxylation is 1. The van der Waals surface area contributed by atoms with Crippen LogP contribution in [0.5, 0.6) is 0 Å². The fourth-order valence-corrected chi connectivity index (χ4v) is 3.95. The summed E-state index contributed by atoms with van der Waals surface area (Å²) in [5, 5.41) is 11.0. The highest BCUT2D eigenvalue weighted by molar-refractivity contribution is 7.96. The molecule has 0 saturated carbocycles. The second kappa shape index (κ2) is 8.10. The number of benzene rings is 2. The zero-order chi connectivity index (χ0) is 21.4. The third kappa shape index (κ3) is 3.58. The standard InChI is InChI=1S/C16H9Cl2F4NO2S.C2H6/c1-7-4-10(16(19,20)21)13-12(5-7)23(26-22)14(24)15(13,25)9-3-2-8(17)6-11(9)18;1-2/h2-6,25H,1H3;1-2H3. The summed E-state index contributed by atoms with van der Waals surface area (Å²) in [6, 6.07) is 5.55. The summed E-state index contributed by atoms with van der Waals surface area (Å²) in [5.74, 6) is -1.29. The Hall–Kier alpha value is -1.48. The van der Waals surface area contributed by atoms with Gasteiger partial charge < -0.3 is 5.11 Å². The molecular weight excluding hydrogens is 441 g/mol. The van der Waals surface area contributed by atoms with Gasteiger partial charge in [-0.25, -0.2) is 4.31 Å². The van der Waals surface area contributed by atoms with Crippen molar-refractivity contribution in [1.29, 1.82) is 0 Å². The van der Waals surface area contributed by atoms with Crippen LogP contribution in [0.3, 0.4) is 0 Å². The Morgan fingerprint density at radius 3 is 2.25 bits per heavy atom. The van der Waals surface area contributed by atoms with Crippen molar-refractivity contribution in [2.45, 2.75) is 32.5 Å². The van der Waals surface area contributed by atoms with Crippen LogP contribution in [0.4, 0.5) is 22.7 Å². The molecule has 3 nitrogen and oxygen atoms in total. The first kappa shape index (κ1) is 22.8. The highest BCUT2D eigenvalue weighted by Gasteiger charge is 2.57. The lowest BCUT2D eigenvalue weighted by molar-refractivity contribution is -0.141. The minimum absolute atomic E-state index is 0.148. The van der Waals surface area contributed by atoms with Gasteiger partial charge in [0.05, 0.1) is 11.3 Å². The first-order chi connectivity index (χ1) is 13.0. The molecular formula is C18H15Cl2F4NO2S. The SMILES string of the molecule is CC.Cc1cc2c(c(C(F)(F)F)c1)C(O)(c1ccc(Cl)cc1Cl)C(=O)N2SF. The fraction of sp³-hybridized carbons (Fsp3) is 0.278. The number of nitrogens with zero attached hydrogens (tertiary/aromatic N) is 1. The molecule has 0 bridgehead atoms. The van der Waals surface area contributed by atoms with Gasteiger partial charge in [0.25, 0.3) is 5.91 Å². The van der Waals surface area contributed by atoms with Crippen molar-refractivity contribution >= 4 is 47.1 Å². The lowest BCUT2D eigenvalue weighted by Crippen LogP contribution is -2.39. The van der Waals surface area contributed by atoms with E-state index in [9.17, 15) is 27.0 Å². The maximum Gasteiger partial charge on any atom is 0.416 e. The van der Waals surface area contributed by atoms with E-state index in [-0.39, 0.29) is 26.9 Å². The third-order valence-corrected chi connectivity index (χ3v) is 5.08. The van der Waals surface area contributed by atoms with Gasteiger partial charge in [-0.2, -0.15) is 13.2 Å². The van der Waals surface area contributed by atoms with Crippen molar-refractivity contribution in [2.75, 3.05) is 4.31 Å². The number of carbonyl (C=O) groups excluding carboxylic acids is 1. The fourth-order valence-electron chi connectivity index (χ4n) is 3.00. The van der Waals surface area contributed by atoms with Crippen molar-refractivity contribution in [2.24, 2.45) is 0 Å². The molecule has 2 aromatic carbocycles. The van der Waals surface area contributed by atoms with Gasteiger partial charge in [0.2, 0.25) is 0 Å². The van der Waals surface area contributed by atoms with Crippen molar-refractivity contribution < 1.29 is 27.0 Å². The van der Waals surface area contributed by atoms with Gasteiger partial charge in [-0.3, -0.25) is 4.79 Å². The number of halogens is 6. The molecule has 1 amide bonds. The molecule has 3 rings (SSSR count). The Morgan fingerprint density at radius 2 is 1.75 bits per heavy atom. The summed E-state index contributed by atoms with van der Waals surface area (Å²) >= 11 is 11.2. The number of hydrogen-bond acceptors (Lipinski definition) is 3. The van der Waals surface area contributed by atoms with Gasteiger partial charge in [0.1, 0.15) is 0 Å². The van der Waals surface area contributed by atoms with Gasteiger partial charge in [0, 0.05) is 21.2 Å². The van der Waals surface area contributed by atoms with Crippen LogP contribution in [-0.2, 0) is 16.6 Å². The molecule has 0 saturated heterocycles. The largest absolute Gasteiger partial charge is 0.416 e. The van der Waals surface area contributed by atoms with Gasteiger partial charge >= 0.3 is 6.18 Å². The predicted molar refractivity (Wildman–Crippen MR) is 103 cm³/mol. The Balaban J connectivity index is 0.00000136. The third-order valence-electron chi connectivity index (χ3n) is 4.03. The molecule has 1 unspecified atom stereocenters. The first-order valence-corrected chi connectivity index (χ1v) is 9.48. The summed E-state index contributed by atoms with van der Waals surface area (Å²) in [6.45, 7) is 5.37. The van der Waals surface area contributed by atoms with E-state index in [0.29, 0.717) is 4.31 Å². The summed E-state index contributed by atoms with van der Waals surface area (Å²) in [7, 11) is 0. The van der Waals surface area contributed by atoms with Crippen LogP contribution in [0, 0.1) is 6.92 Å². The minimum atomic E-state index is -4.89. The van der Waals surface area contributed by atoms with Crippen LogP contribution in [0.15, 0.2) is 30.3 Å². The maximum atomic E-state index is 13.6. The molecule has 2 aromatic rings. The average Bonchev–Trinajstić information content (AvgIpc) is 2.82. The molecule has 1 heterocycles. The number of amides is 1. The van der Waals surface area contributed by atoms with Crippen LogP contribution >= 0.6 is 35.5 Å². The normalized spacial score (nSPS) is 18.6. The maximum absolute atomic E-state index is 13.6. The summed E-state index contributed by atoms with van der Waals surface area (Å²) in [6.07, 6.45) is -4.89. The van der Waals surface area contributed by atoms with E-state index in [1.807, 2.05) is 13.8 Å². The monoisotopic (exact) mass is 455 g/mol. The summed E-state index contributed by atoms with van der Waals surface area (Å²) < 4.78 is 54.6. The number of anilines is 1. The average molecular weight is 456 g/mol. The highest BCUT2D eigenvalue weighted by atomic mass is 35.5. The van der Waals surface area contributed by atoms with Crippen molar-refractivity contribution in [3.63, 3.8) is 0 Å². The molecule has 28 heavy (non-hydrogen) atoms. The van der Waals surface area contributed by atoms with Crippen molar-refractivity contribution in [3.05, 3.63) is 62.6 Å². The number of aliphatic hydroxyl groups is 1. The van der Waals surface area contributed by atoms with Crippen LogP contribution < -0.4 is 4.31 Å². The molecule has 10 heteroatoms. The van der Waals surface area contributed by atoms with Crippen LogP contribution in [0.1, 0.15) is 36.1 Å². The Labute approximate surface area is 173 Å². The van der Waals surface area contributed by atoms with E-state index >= 15 is 0 Å². The number of rotatable bonds is 2. The highest BCUT2D eigenvalue weighted by Crippen LogP contribution is 2.53. The quantitative estimate of drug-likeness (QED) is 0.417. The molecule has 0 spiro atoms. The molecule has 0 aliphatic carbocycles. The van der Waals surface area contributed by atoms with Gasteiger partial charge in [-0.1, -0.05) is 43.1 Å². The summed E-state index contributed by atoms with van der Waals surface area (Å²) in [5.41, 5.74) is -5.38. The molecule has 1 aliphatic heterocycles. The summed E-state index contributed by atoms with van der Waals surface area (Å²) in [4.78, 5) is 12.7. The Kier molecular flexibility index (Phi) is 6.60. The zero-order valence-electron chi connectivity index (χ0n) is 14.9. The molecule has 1 N–H and O–H groups in total. The smallest absolute Gasteiger partial charge is 0.372 e.